The zero-order valence-electron chi connectivity index (χ0n) is 15.5. The normalized spacial score (nSPS) is 11.7. The zero-order valence-corrected chi connectivity index (χ0v) is 15.5. The van der Waals surface area contributed by atoms with Crippen molar-refractivity contribution >= 4 is 11.9 Å². The second kappa shape index (κ2) is 8.60. The SMILES string of the molecule is Cc1ccccc1[C@H](CC(=O)O)NC(=O)c1ccnc(-c2cc(F)cc(F)c2)c1. The first kappa shape index (κ1) is 20.1. The van der Waals surface area contributed by atoms with Gasteiger partial charge in [0.2, 0.25) is 0 Å². The predicted molar refractivity (Wildman–Crippen MR) is 103 cm³/mol. The molecule has 0 aliphatic heterocycles. The van der Waals surface area contributed by atoms with Crippen molar-refractivity contribution in [3.8, 4) is 11.3 Å². The van der Waals surface area contributed by atoms with Crippen LogP contribution in [-0.2, 0) is 4.79 Å². The van der Waals surface area contributed by atoms with E-state index in [4.69, 9.17) is 0 Å². The number of carbonyl (C=O) groups excluding carboxylic acids is 1. The van der Waals surface area contributed by atoms with E-state index >= 15 is 0 Å². The number of carbonyl (C=O) groups is 2. The van der Waals surface area contributed by atoms with Gasteiger partial charge in [0.15, 0.2) is 0 Å². The fourth-order valence-corrected chi connectivity index (χ4v) is 3.06. The largest absolute Gasteiger partial charge is 0.481 e. The number of hydrogen-bond acceptors (Lipinski definition) is 3. The summed E-state index contributed by atoms with van der Waals surface area (Å²) in [6.45, 7) is 1.83. The van der Waals surface area contributed by atoms with Gasteiger partial charge in [-0.3, -0.25) is 14.6 Å². The summed E-state index contributed by atoms with van der Waals surface area (Å²) >= 11 is 0. The fourth-order valence-electron chi connectivity index (χ4n) is 3.06. The molecule has 1 atom stereocenters. The molecule has 3 aromatic rings. The molecule has 29 heavy (non-hydrogen) atoms. The average Bonchev–Trinajstić information content (AvgIpc) is 2.67. The number of benzene rings is 2. The Hall–Kier alpha value is -3.61. The van der Waals surface area contributed by atoms with Crippen LogP contribution in [0, 0.1) is 18.6 Å². The van der Waals surface area contributed by atoms with Crippen LogP contribution in [0.3, 0.4) is 0 Å². The van der Waals surface area contributed by atoms with Crippen LogP contribution < -0.4 is 5.32 Å². The Kier molecular flexibility index (Phi) is 5.97. The predicted octanol–water partition coefficient (Wildman–Crippen LogP) is 4.28. The Bertz CT molecular complexity index is 1050. The number of aliphatic carboxylic acids is 1. The maximum Gasteiger partial charge on any atom is 0.305 e. The Labute approximate surface area is 166 Å². The summed E-state index contributed by atoms with van der Waals surface area (Å²) in [6.07, 6.45) is 1.07. The molecule has 1 heterocycles. The number of nitrogens with zero attached hydrogens (tertiary/aromatic N) is 1. The number of halogens is 2. The van der Waals surface area contributed by atoms with Crippen molar-refractivity contribution in [3.05, 3.63) is 89.1 Å². The molecule has 1 amide bonds. The Morgan fingerprint density at radius 2 is 1.76 bits per heavy atom. The number of hydrogen-bond donors (Lipinski definition) is 2. The van der Waals surface area contributed by atoms with Gasteiger partial charge in [-0.25, -0.2) is 8.78 Å². The van der Waals surface area contributed by atoms with Crippen molar-refractivity contribution in [2.45, 2.75) is 19.4 Å². The van der Waals surface area contributed by atoms with Gasteiger partial charge in [0.1, 0.15) is 11.6 Å². The maximum absolute atomic E-state index is 13.5. The number of amides is 1. The molecule has 1 aromatic heterocycles. The molecule has 2 N–H and O–H groups in total. The zero-order chi connectivity index (χ0) is 21.0. The molecule has 0 fully saturated rings. The lowest BCUT2D eigenvalue weighted by Crippen LogP contribution is -2.30. The van der Waals surface area contributed by atoms with Crippen molar-refractivity contribution in [2.24, 2.45) is 0 Å². The highest BCUT2D eigenvalue weighted by molar-refractivity contribution is 5.95. The lowest BCUT2D eigenvalue weighted by molar-refractivity contribution is -0.137. The van der Waals surface area contributed by atoms with Crippen LogP contribution >= 0.6 is 0 Å². The first-order valence-electron chi connectivity index (χ1n) is 8.84. The molecule has 0 unspecified atom stereocenters. The fraction of sp³-hybridized carbons (Fsp3) is 0.136. The van der Waals surface area contributed by atoms with Crippen molar-refractivity contribution in [2.75, 3.05) is 0 Å². The number of aryl methyl sites for hydroxylation is 1. The third-order valence-electron chi connectivity index (χ3n) is 4.43. The molecule has 0 radical (unpaired) electrons. The van der Waals surface area contributed by atoms with Crippen LogP contribution in [0.25, 0.3) is 11.3 Å². The van der Waals surface area contributed by atoms with Crippen LogP contribution in [0.5, 0.6) is 0 Å². The first-order valence-corrected chi connectivity index (χ1v) is 8.84. The highest BCUT2D eigenvalue weighted by atomic mass is 19.1. The minimum atomic E-state index is -1.05. The van der Waals surface area contributed by atoms with Gasteiger partial charge < -0.3 is 10.4 Å². The van der Waals surface area contributed by atoms with Crippen LogP contribution in [-0.4, -0.2) is 22.0 Å². The van der Waals surface area contributed by atoms with Gasteiger partial charge in [-0.2, -0.15) is 0 Å². The van der Waals surface area contributed by atoms with E-state index in [0.29, 0.717) is 5.56 Å². The summed E-state index contributed by atoms with van der Waals surface area (Å²) in [4.78, 5) is 28.1. The van der Waals surface area contributed by atoms with E-state index in [9.17, 15) is 23.5 Å². The molecule has 3 rings (SSSR count). The molecular weight excluding hydrogens is 378 g/mol. The van der Waals surface area contributed by atoms with Gasteiger partial charge in [0.05, 0.1) is 18.2 Å². The lowest BCUT2D eigenvalue weighted by atomic mass is 9.98. The Balaban J connectivity index is 1.89. The van der Waals surface area contributed by atoms with Crippen molar-refractivity contribution in [1.82, 2.24) is 10.3 Å². The summed E-state index contributed by atoms with van der Waals surface area (Å²) in [5.41, 5.74) is 2.16. The van der Waals surface area contributed by atoms with E-state index in [1.807, 2.05) is 19.1 Å². The second-order valence-corrected chi connectivity index (χ2v) is 6.57. The van der Waals surface area contributed by atoms with Crippen LogP contribution in [0.15, 0.2) is 60.8 Å². The first-order chi connectivity index (χ1) is 13.8. The molecule has 0 bridgehead atoms. The van der Waals surface area contributed by atoms with Crippen molar-refractivity contribution in [1.29, 1.82) is 0 Å². The van der Waals surface area contributed by atoms with Crippen molar-refractivity contribution in [3.63, 3.8) is 0 Å². The Morgan fingerprint density at radius 3 is 2.41 bits per heavy atom. The summed E-state index contributed by atoms with van der Waals surface area (Å²) in [5.74, 6) is -3.07. The van der Waals surface area contributed by atoms with E-state index in [2.05, 4.69) is 10.3 Å². The van der Waals surface area contributed by atoms with E-state index in [0.717, 1.165) is 23.8 Å². The second-order valence-electron chi connectivity index (χ2n) is 6.57. The highest BCUT2D eigenvalue weighted by Crippen LogP contribution is 2.23. The molecule has 0 aliphatic carbocycles. The van der Waals surface area contributed by atoms with Gasteiger partial charge >= 0.3 is 5.97 Å². The number of rotatable bonds is 6. The van der Waals surface area contributed by atoms with Gasteiger partial charge in [-0.1, -0.05) is 24.3 Å². The molecule has 0 saturated heterocycles. The van der Waals surface area contributed by atoms with E-state index in [1.54, 1.807) is 12.1 Å². The van der Waals surface area contributed by atoms with E-state index < -0.39 is 29.6 Å². The highest BCUT2D eigenvalue weighted by Gasteiger charge is 2.21. The molecule has 0 spiro atoms. The maximum atomic E-state index is 13.5. The lowest BCUT2D eigenvalue weighted by Gasteiger charge is -2.19. The summed E-state index contributed by atoms with van der Waals surface area (Å²) in [7, 11) is 0. The van der Waals surface area contributed by atoms with Crippen LogP contribution in [0.4, 0.5) is 8.78 Å². The molecule has 7 heteroatoms. The van der Waals surface area contributed by atoms with E-state index in [1.165, 1.54) is 18.3 Å². The molecule has 0 saturated carbocycles. The molecular formula is C22H18F2N2O3. The minimum absolute atomic E-state index is 0.193. The van der Waals surface area contributed by atoms with Gasteiger partial charge in [0.25, 0.3) is 5.91 Å². The minimum Gasteiger partial charge on any atom is -0.481 e. The van der Waals surface area contributed by atoms with Crippen LogP contribution in [0.1, 0.15) is 33.9 Å². The summed E-state index contributed by atoms with van der Waals surface area (Å²) in [5, 5.41) is 12.0. The van der Waals surface area contributed by atoms with Gasteiger partial charge in [0, 0.05) is 23.4 Å². The van der Waals surface area contributed by atoms with E-state index in [-0.39, 0.29) is 23.2 Å². The average molecular weight is 396 g/mol. The summed E-state index contributed by atoms with van der Waals surface area (Å²) < 4.78 is 27.0. The standard InChI is InChI=1S/C22H18F2N2O3/c1-13-4-2-3-5-18(13)20(12-21(27)28)26-22(29)14-6-7-25-19(10-14)15-8-16(23)11-17(24)9-15/h2-11,20H,12H2,1H3,(H,26,29)(H,27,28)/t20-/m0/s1. The summed E-state index contributed by atoms with van der Waals surface area (Å²) in [6, 6.07) is 12.3. The smallest absolute Gasteiger partial charge is 0.305 e. The molecule has 2 aromatic carbocycles. The third kappa shape index (κ3) is 5.01. The van der Waals surface area contributed by atoms with Gasteiger partial charge in [-0.15, -0.1) is 0 Å². The number of carboxylic acid groups (broad SMARTS) is 1. The van der Waals surface area contributed by atoms with Crippen molar-refractivity contribution < 1.29 is 23.5 Å². The quantitative estimate of drug-likeness (QED) is 0.652. The topological polar surface area (TPSA) is 79.3 Å². The monoisotopic (exact) mass is 396 g/mol. The number of aromatic nitrogens is 1. The Morgan fingerprint density at radius 1 is 1.07 bits per heavy atom. The third-order valence-corrected chi connectivity index (χ3v) is 4.43. The molecule has 5 nitrogen and oxygen atoms in total. The molecule has 0 aliphatic rings. The van der Waals surface area contributed by atoms with Gasteiger partial charge in [-0.05, 0) is 42.3 Å². The number of nitrogens with one attached hydrogen (secondary N) is 1. The van der Waals surface area contributed by atoms with Crippen LogP contribution in [0.2, 0.25) is 0 Å². The number of pyridine rings is 1. The number of carboxylic acids is 1. The molecule has 148 valence electrons.